The van der Waals surface area contributed by atoms with Crippen molar-refractivity contribution in [2.45, 2.75) is 59.3 Å². The van der Waals surface area contributed by atoms with Gasteiger partial charge in [0.1, 0.15) is 6.04 Å². The zero-order valence-corrected chi connectivity index (χ0v) is 15.8. The Kier molecular flexibility index (Phi) is 10.1. The van der Waals surface area contributed by atoms with Gasteiger partial charge < -0.3 is 14.4 Å². The van der Waals surface area contributed by atoms with Crippen LogP contribution in [0.25, 0.3) is 0 Å². The van der Waals surface area contributed by atoms with Gasteiger partial charge in [-0.15, -0.1) is 5.73 Å². The largest absolute Gasteiger partial charge is 0.351 e. The maximum absolute atomic E-state index is 11.3. The molecule has 5 nitrogen and oxygen atoms in total. The summed E-state index contributed by atoms with van der Waals surface area (Å²) in [6.07, 6.45) is 2.11. The lowest BCUT2D eigenvalue weighted by Crippen LogP contribution is -2.37. The highest BCUT2D eigenvalue weighted by Gasteiger charge is 2.29. The summed E-state index contributed by atoms with van der Waals surface area (Å²) in [5.41, 5.74) is 4.16. The third-order valence-electron chi connectivity index (χ3n) is 4.47. The fourth-order valence-corrected chi connectivity index (χ4v) is 3.37. The van der Waals surface area contributed by atoms with Crippen LogP contribution >= 0.6 is 0 Å². The monoisotopic (exact) mass is 338 g/mol. The Morgan fingerprint density at radius 2 is 1.83 bits per heavy atom. The van der Waals surface area contributed by atoms with Crippen molar-refractivity contribution in [3.63, 3.8) is 0 Å². The van der Waals surface area contributed by atoms with Crippen LogP contribution < -0.4 is 0 Å². The Bertz CT molecular complexity index is 405. The van der Waals surface area contributed by atoms with Gasteiger partial charge in [-0.25, -0.2) is 0 Å². The van der Waals surface area contributed by atoms with Crippen LogP contribution in [-0.4, -0.2) is 50.1 Å². The van der Waals surface area contributed by atoms with Crippen LogP contribution in [0.4, 0.5) is 0 Å². The fourth-order valence-electron chi connectivity index (χ4n) is 3.37. The van der Waals surface area contributed by atoms with E-state index in [9.17, 15) is 4.91 Å². The summed E-state index contributed by atoms with van der Waals surface area (Å²) < 4.78 is 11.1. The molecule has 5 heteroatoms. The summed E-state index contributed by atoms with van der Waals surface area (Å²) in [7, 11) is 0. The number of piperidine rings is 1. The van der Waals surface area contributed by atoms with Gasteiger partial charge in [0.15, 0.2) is 6.29 Å². The molecule has 0 bridgehead atoms. The maximum atomic E-state index is 11.3. The molecule has 1 aliphatic rings. The number of likely N-dealkylation sites (tertiary alicyclic amines) is 1. The average molecular weight is 338 g/mol. The Labute approximate surface area is 147 Å². The van der Waals surface area contributed by atoms with Gasteiger partial charge in [-0.1, -0.05) is 25.6 Å². The van der Waals surface area contributed by atoms with Gasteiger partial charge in [0.05, 0.1) is 0 Å². The minimum absolute atomic E-state index is 0.430. The van der Waals surface area contributed by atoms with Crippen LogP contribution in [-0.2, 0) is 9.47 Å². The smallest absolute Gasteiger partial charge is 0.183 e. The van der Waals surface area contributed by atoms with Crippen LogP contribution in [0.2, 0.25) is 0 Å². The van der Waals surface area contributed by atoms with E-state index in [1.54, 1.807) is 0 Å². The molecule has 1 saturated heterocycles. The molecule has 0 saturated carbocycles. The highest BCUT2D eigenvalue weighted by atomic mass is 16.7. The van der Waals surface area contributed by atoms with Gasteiger partial charge in [0.25, 0.3) is 0 Å². The van der Waals surface area contributed by atoms with Gasteiger partial charge in [-0.3, -0.25) is 0 Å². The van der Waals surface area contributed by atoms with E-state index in [2.05, 4.69) is 36.2 Å². The van der Waals surface area contributed by atoms with Gasteiger partial charge in [0.2, 0.25) is 0 Å². The fraction of sp³-hybridized carbons (Fsp3) is 0.842. The van der Waals surface area contributed by atoms with Crippen LogP contribution in [0.5, 0.6) is 0 Å². The zero-order valence-electron chi connectivity index (χ0n) is 15.8. The summed E-state index contributed by atoms with van der Waals surface area (Å²) in [6.45, 7) is 16.5. The molecule has 1 fully saturated rings. The number of nitroso groups, excluding NO2 is 1. The van der Waals surface area contributed by atoms with Gasteiger partial charge in [0, 0.05) is 26.2 Å². The predicted octanol–water partition coefficient (Wildman–Crippen LogP) is 3.99. The van der Waals surface area contributed by atoms with Crippen molar-refractivity contribution in [1.29, 1.82) is 0 Å². The molecular weight excluding hydrogens is 304 g/mol. The first-order valence-electron chi connectivity index (χ1n) is 9.22. The molecule has 0 aromatic rings. The Hall–Kier alpha value is -1.00. The zero-order chi connectivity index (χ0) is 17.9. The highest BCUT2D eigenvalue weighted by molar-refractivity contribution is 5.09. The van der Waals surface area contributed by atoms with Crippen molar-refractivity contribution in [3.05, 3.63) is 22.8 Å². The van der Waals surface area contributed by atoms with E-state index < -0.39 is 12.3 Å². The predicted molar refractivity (Wildman–Crippen MR) is 97.9 cm³/mol. The van der Waals surface area contributed by atoms with Crippen molar-refractivity contribution in [3.8, 4) is 0 Å². The van der Waals surface area contributed by atoms with Gasteiger partial charge in [-0.2, -0.15) is 4.91 Å². The van der Waals surface area contributed by atoms with Crippen molar-refractivity contribution >= 4 is 0 Å². The molecule has 1 aliphatic heterocycles. The lowest BCUT2D eigenvalue weighted by atomic mass is 9.86. The third-order valence-corrected chi connectivity index (χ3v) is 4.47. The van der Waals surface area contributed by atoms with E-state index in [0.717, 1.165) is 38.0 Å². The first-order chi connectivity index (χ1) is 11.5. The van der Waals surface area contributed by atoms with Crippen molar-refractivity contribution in [2.24, 2.45) is 17.0 Å². The first kappa shape index (κ1) is 21.0. The quantitative estimate of drug-likeness (QED) is 0.325. The van der Waals surface area contributed by atoms with Crippen LogP contribution in [0.1, 0.15) is 47.0 Å². The second-order valence-electron chi connectivity index (χ2n) is 6.83. The van der Waals surface area contributed by atoms with Crippen molar-refractivity contribution in [2.75, 3.05) is 32.8 Å². The Balaban J connectivity index is 2.63. The van der Waals surface area contributed by atoms with Crippen molar-refractivity contribution < 1.29 is 9.47 Å². The first-order valence-corrected chi connectivity index (χ1v) is 9.22. The Morgan fingerprint density at radius 1 is 1.25 bits per heavy atom. The molecular formula is C19H34N2O3. The summed E-state index contributed by atoms with van der Waals surface area (Å²) in [5, 5.41) is 3.26. The number of hydrogen-bond donors (Lipinski definition) is 0. The summed E-state index contributed by atoms with van der Waals surface area (Å²) in [4.78, 5) is 13.8. The molecule has 0 N–H and O–H groups in total. The minimum Gasteiger partial charge on any atom is -0.351 e. The highest BCUT2D eigenvalue weighted by Crippen LogP contribution is 2.29. The van der Waals surface area contributed by atoms with Crippen LogP contribution in [0, 0.1) is 16.7 Å². The van der Waals surface area contributed by atoms with Crippen LogP contribution in [0.3, 0.4) is 0 Å². The SMILES string of the molecule is C=C=C(CC(N=O)C(OCC)OCC)C1CCN(CC(C)C)CC1. The molecule has 0 aromatic heterocycles. The summed E-state index contributed by atoms with van der Waals surface area (Å²) >= 11 is 0. The lowest BCUT2D eigenvalue weighted by molar-refractivity contribution is -0.148. The second-order valence-corrected chi connectivity index (χ2v) is 6.83. The summed E-state index contributed by atoms with van der Waals surface area (Å²) in [5.74, 6) is 1.12. The van der Waals surface area contributed by atoms with E-state index in [1.807, 2.05) is 13.8 Å². The molecule has 0 amide bonds. The molecule has 138 valence electrons. The van der Waals surface area contributed by atoms with E-state index in [-0.39, 0.29) is 0 Å². The van der Waals surface area contributed by atoms with Crippen LogP contribution in [0.15, 0.2) is 23.1 Å². The van der Waals surface area contributed by atoms with E-state index >= 15 is 0 Å². The molecule has 1 unspecified atom stereocenters. The Morgan fingerprint density at radius 3 is 2.25 bits per heavy atom. The molecule has 24 heavy (non-hydrogen) atoms. The molecule has 1 rings (SSSR count). The number of ether oxygens (including phenoxy) is 2. The van der Waals surface area contributed by atoms with E-state index in [0.29, 0.717) is 31.5 Å². The van der Waals surface area contributed by atoms with Crippen molar-refractivity contribution in [1.82, 2.24) is 4.90 Å². The minimum atomic E-state index is -0.582. The normalized spacial score (nSPS) is 17.9. The molecule has 0 spiro atoms. The van der Waals surface area contributed by atoms with E-state index in [4.69, 9.17) is 9.47 Å². The molecule has 0 aliphatic carbocycles. The molecule has 1 atom stereocenters. The lowest BCUT2D eigenvalue weighted by Gasteiger charge is -2.34. The standard InChI is InChI=1S/C19H34N2O3/c1-6-16(13-18(20-22)19(23-7-2)24-8-3)17-9-11-21(12-10-17)14-15(4)5/h15,17-19H,1,7-14H2,2-5H3. The average Bonchev–Trinajstić information content (AvgIpc) is 2.56. The number of rotatable bonds is 11. The second kappa shape index (κ2) is 11.5. The molecule has 1 heterocycles. The van der Waals surface area contributed by atoms with E-state index in [1.165, 1.54) is 0 Å². The third kappa shape index (κ3) is 6.86. The molecule has 0 aromatic carbocycles. The van der Waals surface area contributed by atoms with Gasteiger partial charge >= 0.3 is 0 Å². The summed E-state index contributed by atoms with van der Waals surface area (Å²) in [6, 6.07) is -0.539. The molecule has 0 radical (unpaired) electrons. The van der Waals surface area contributed by atoms with Gasteiger partial charge in [-0.05, 0) is 57.2 Å². The number of nitrogens with zero attached hydrogens (tertiary/aromatic N) is 2. The number of hydrogen-bond acceptors (Lipinski definition) is 5. The topological polar surface area (TPSA) is 51.1 Å². The maximum Gasteiger partial charge on any atom is 0.183 e.